The number of nitrogens with zero attached hydrogens (tertiary/aromatic N) is 2. The lowest BCUT2D eigenvalue weighted by molar-refractivity contribution is -0.161. The van der Waals surface area contributed by atoms with Gasteiger partial charge >= 0.3 is 5.97 Å². The highest BCUT2D eigenvalue weighted by Gasteiger charge is 2.56. The van der Waals surface area contributed by atoms with E-state index < -0.39 is 5.60 Å². The topological polar surface area (TPSA) is 53.3 Å². The first kappa shape index (κ1) is 17.8. The average molecular weight is 335 g/mol. The van der Waals surface area contributed by atoms with Crippen LogP contribution in [0.15, 0.2) is 30.3 Å². The van der Waals surface area contributed by atoms with Crippen molar-refractivity contribution >= 4 is 18.4 Å². The number of ether oxygens (including phenoxy) is 1. The van der Waals surface area contributed by atoms with Crippen LogP contribution in [0.1, 0.15) is 44.6 Å². The fourth-order valence-corrected chi connectivity index (χ4v) is 4.31. The lowest BCUT2D eigenvalue weighted by atomic mass is 9.84. The fraction of sp³-hybridized carbons (Fsp3) is 0.556. The molecular weight excluding hydrogens is 312 g/mol. The first-order chi connectivity index (χ1) is 10.7. The summed E-state index contributed by atoms with van der Waals surface area (Å²) in [5.74, 6) is -0.225. The fourth-order valence-electron chi connectivity index (χ4n) is 4.31. The number of esters is 1. The summed E-state index contributed by atoms with van der Waals surface area (Å²) in [4.78, 5) is 14.2. The minimum Gasteiger partial charge on any atom is -0.453 e. The first-order valence-corrected chi connectivity index (χ1v) is 8.05. The van der Waals surface area contributed by atoms with Crippen molar-refractivity contribution in [3.8, 4) is 6.07 Å². The van der Waals surface area contributed by atoms with Gasteiger partial charge in [0.1, 0.15) is 0 Å². The van der Waals surface area contributed by atoms with E-state index in [9.17, 15) is 4.79 Å². The van der Waals surface area contributed by atoms with Gasteiger partial charge in [0.15, 0.2) is 5.60 Å². The Morgan fingerprint density at radius 2 is 2.13 bits per heavy atom. The Labute approximate surface area is 143 Å². The molecule has 0 spiro atoms. The van der Waals surface area contributed by atoms with Gasteiger partial charge in [0.05, 0.1) is 12.1 Å². The van der Waals surface area contributed by atoms with Crippen LogP contribution < -0.4 is 0 Å². The number of hydrogen-bond donors (Lipinski definition) is 0. The second kappa shape index (κ2) is 7.33. The number of nitriles is 1. The molecule has 3 rings (SSSR count). The molecule has 5 heteroatoms. The number of piperidine rings is 1. The SMILES string of the molecule is CC(=O)OC1(c2ccccc2)CC2CCCC1N2CCC#N.Cl. The quantitative estimate of drug-likeness (QED) is 0.792. The molecule has 1 aromatic rings. The van der Waals surface area contributed by atoms with Crippen LogP contribution in [-0.4, -0.2) is 29.5 Å². The van der Waals surface area contributed by atoms with Gasteiger partial charge in [-0.25, -0.2) is 0 Å². The van der Waals surface area contributed by atoms with E-state index in [4.69, 9.17) is 10.00 Å². The number of rotatable bonds is 4. The third kappa shape index (κ3) is 3.22. The van der Waals surface area contributed by atoms with Crippen molar-refractivity contribution in [2.75, 3.05) is 6.54 Å². The molecule has 0 aliphatic carbocycles. The van der Waals surface area contributed by atoms with Crippen molar-refractivity contribution in [1.29, 1.82) is 5.26 Å². The molecule has 1 aromatic carbocycles. The van der Waals surface area contributed by atoms with E-state index in [-0.39, 0.29) is 24.4 Å². The highest BCUT2D eigenvalue weighted by Crippen LogP contribution is 2.50. The Balaban J connectivity index is 0.00000192. The summed E-state index contributed by atoms with van der Waals surface area (Å²) in [6.07, 6.45) is 4.67. The molecule has 4 nitrogen and oxygen atoms in total. The lowest BCUT2D eigenvalue weighted by Crippen LogP contribution is -2.48. The van der Waals surface area contributed by atoms with Crippen LogP contribution in [-0.2, 0) is 15.1 Å². The summed E-state index contributed by atoms with van der Waals surface area (Å²) in [5.41, 5.74) is 0.533. The maximum absolute atomic E-state index is 11.8. The van der Waals surface area contributed by atoms with Gasteiger partial charge in [0.25, 0.3) is 0 Å². The van der Waals surface area contributed by atoms with Crippen LogP contribution >= 0.6 is 12.4 Å². The number of carbonyl (C=O) groups excluding carboxylic acids is 1. The van der Waals surface area contributed by atoms with Crippen molar-refractivity contribution in [1.82, 2.24) is 4.90 Å². The van der Waals surface area contributed by atoms with Gasteiger partial charge in [-0.15, -0.1) is 12.4 Å². The number of hydrogen-bond acceptors (Lipinski definition) is 4. The zero-order chi connectivity index (χ0) is 15.6. The minimum atomic E-state index is -0.552. The van der Waals surface area contributed by atoms with E-state index >= 15 is 0 Å². The van der Waals surface area contributed by atoms with Gasteiger partial charge in [-0.1, -0.05) is 36.8 Å². The Morgan fingerprint density at radius 1 is 1.39 bits per heavy atom. The van der Waals surface area contributed by atoms with Gasteiger partial charge in [0, 0.05) is 32.4 Å². The molecule has 2 fully saturated rings. The maximum Gasteiger partial charge on any atom is 0.303 e. The molecule has 23 heavy (non-hydrogen) atoms. The number of carbonyl (C=O) groups is 1. The van der Waals surface area contributed by atoms with E-state index in [0.717, 1.165) is 37.8 Å². The summed E-state index contributed by atoms with van der Waals surface area (Å²) in [7, 11) is 0. The number of fused-ring (bicyclic) bond motifs is 2. The molecule has 2 bridgehead atoms. The van der Waals surface area contributed by atoms with Crippen molar-refractivity contribution in [3.05, 3.63) is 35.9 Å². The molecule has 3 atom stereocenters. The molecule has 0 N–H and O–H groups in total. The monoisotopic (exact) mass is 334 g/mol. The standard InChI is InChI=1S/C18H22N2O2.ClH/c1-14(21)22-18(15-7-3-2-4-8-15)13-16-9-5-10-17(18)20(16)12-6-11-19;/h2-4,7-8,16-17H,5-6,9-10,12-13H2,1H3;1H. The Morgan fingerprint density at radius 3 is 2.78 bits per heavy atom. The van der Waals surface area contributed by atoms with Crippen LogP contribution in [0.5, 0.6) is 0 Å². The Hall–Kier alpha value is -1.57. The lowest BCUT2D eigenvalue weighted by Gasteiger charge is -2.39. The maximum atomic E-state index is 11.8. The van der Waals surface area contributed by atoms with Gasteiger partial charge in [-0.05, 0) is 18.4 Å². The highest BCUT2D eigenvalue weighted by atomic mass is 35.5. The molecular formula is C18H23ClN2O2. The third-order valence-corrected chi connectivity index (χ3v) is 5.03. The molecule has 2 saturated heterocycles. The largest absolute Gasteiger partial charge is 0.453 e. The van der Waals surface area contributed by atoms with Crippen molar-refractivity contribution in [2.45, 2.75) is 56.7 Å². The van der Waals surface area contributed by atoms with Gasteiger partial charge in [0.2, 0.25) is 0 Å². The molecule has 0 radical (unpaired) electrons. The third-order valence-electron chi connectivity index (χ3n) is 5.03. The average Bonchev–Trinajstić information content (AvgIpc) is 2.68. The van der Waals surface area contributed by atoms with E-state index in [1.165, 1.54) is 6.92 Å². The van der Waals surface area contributed by atoms with Crippen molar-refractivity contribution in [2.24, 2.45) is 0 Å². The van der Waals surface area contributed by atoms with Crippen LogP contribution in [0.2, 0.25) is 0 Å². The molecule has 124 valence electrons. The van der Waals surface area contributed by atoms with Crippen LogP contribution in [0.3, 0.4) is 0 Å². The van der Waals surface area contributed by atoms with E-state index in [1.807, 2.05) is 18.2 Å². The predicted octanol–water partition coefficient (Wildman–Crippen LogP) is 3.41. The van der Waals surface area contributed by atoms with E-state index in [2.05, 4.69) is 23.1 Å². The molecule has 0 saturated carbocycles. The Bertz CT molecular complexity index is 586. The summed E-state index contributed by atoms with van der Waals surface area (Å²) in [6.45, 7) is 2.26. The minimum absolute atomic E-state index is 0. The molecule has 2 aliphatic heterocycles. The summed E-state index contributed by atoms with van der Waals surface area (Å²) < 4.78 is 5.95. The zero-order valence-corrected chi connectivity index (χ0v) is 14.2. The molecule has 2 heterocycles. The van der Waals surface area contributed by atoms with Crippen molar-refractivity contribution in [3.63, 3.8) is 0 Å². The Kier molecular flexibility index (Phi) is 5.67. The zero-order valence-electron chi connectivity index (χ0n) is 13.4. The van der Waals surface area contributed by atoms with Crippen molar-refractivity contribution < 1.29 is 9.53 Å². The summed E-state index contributed by atoms with van der Waals surface area (Å²) in [6, 6.07) is 13.0. The summed E-state index contributed by atoms with van der Waals surface area (Å²) >= 11 is 0. The van der Waals surface area contributed by atoms with Gasteiger partial charge in [-0.3, -0.25) is 9.69 Å². The van der Waals surface area contributed by atoms with E-state index in [0.29, 0.717) is 12.5 Å². The number of benzene rings is 1. The predicted molar refractivity (Wildman–Crippen MR) is 90.1 cm³/mol. The molecule has 2 aliphatic rings. The van der Waals surface area contributed by atoms with Crippen LogP contribution in [0.4, 0.5) is 0 Å². The summed E-state index contributed by atoms with van der Waals surface area (Å²) in [5, 5.41) is 8.92. The number of halogens is 1. The van der Waals surface area contributed by atoms with Crippen LogP contribution in [0, 0.1) is 11.3 Å². The van der Waals surface area contributed by atoms with Gasteiger partial charge < -0.3 is 4.74 Å². The highest BCUT2D eigenvalue weighted by molar-refractivity contribution is 5.85. The molecule has 0 aromatic heterocycles. The molecule has 3 unspecified atom stereocenters. The molecule has 0 amide bonds. The normalized spacial score (nSPS) is 29.4. The second-order valence-corrected chi connectivity index (χ2v) is 6.30. The first-order valence-electron chi connectivity index (χ1n) is 8.05. The van der Waals surface area contributed by atoms with Gasteiger partial charge in [-0.2, -0.15) is 5.26 Å². The van der Waals surface area contributed by atoms with E-state index in [1.54, 1.807) is 0 Å². The van der Waals surface area contributed by atoms with Crippen LogP contribution in [0.25, 0.3) is 0 Å². The smallest absolute Gasteiger partial charge is 0.303 e. The second-order valence-electron chi connectivity index (χ2n) is 6.30.